The summed E-state index contributed by atoms with van der Waals surface area (Å²) in [4.78, 5) is 0. The zero-order chi connectivity index (χ0) is 11.8. The topological polar surface area (TPSA) is 88.6 Å². The molecule has 5 N–H and O–H groups in total. The molecule has 6 nitrogen and oxygen atoms in total. The normalized spacial score (nSPS) is 11.1. The lowest BCUT2D eigenvalue weighted by Gasteiger charge is -2.30. The van der Waals surface area contributed by atoms with Crippen LogP contribution in [0.2, 0.25) is 0 Å². The van der Waals surface area contributed by atoms with Gasteiger partial charge in [0.2, 0.25) is 0 Å². The third-order valence-electron chi connectivity index (χ3n) is 2.12. The molecule has 15 heavy (non-hydrogen) atoms. The Labute approximate surface area is 91.4 Å². The van der Waals surface area contributed by atoms with Crippen LogP contribution in [0.25, 0.3) is 0 Å². The Kier molecular flexibility index (Phi) is 7.23. The third kappa shape index (κ3) is 5.68. The average Bonchev–Trinajstić information content (AvgIpc) is 2.16. The summed E-state index contributed by atoms with van der Waals surface area (Å²) < 4.78 is 0. The van der Waals surface area contributed by atoms with Crippen LogP contribution in [0.3, 0.4) is 0 Å². The van der Waals surface area contributed by atoms with E-state index < -0.39 is 0 Å². The van der Waals surface area contributed by atoms with Crippen LogP contribution in [0.15, 0.2) is 0 Å². The van der Waals surface area contributed by atoms with E-state index in [9.17, 15) is 0 Å². The minimum atomic E-state index is 0.0486. The number of unbranched alkanes of at least 4 members (excludes halogenated alkanes) is 1. The number of amidine groups is 1. The lowest BCUT2D eigenvalue weighted by atomic mass is 10.2. The Morgan fingerprint density at radius 1 is 1.47 bits per heavy atom. The van der Waals surface area contributed by atoms with E-state index in [-0.39, 0.29) is 5.92 Å². The summed E-state index contributed by atoms with van der Waals surface area (Å²) in [7, 11) is 1.90. The van der Waals surface area contributed by atoms with Gasteiger partial charge in [0.05, 0.1) is 0 Å². The molecule has 0 aromatic heterocycles. The zero-order valence-electron chi connectivity index (χ0n) is 9.82. The van der Waals surface area contributed by atoms with Crippen molar-refractivity contribution in [3.63, 3.8) is 0 Å². The maximum absolute atomic E-state index is 9.17. The van der Waals surface area contributed by atoms with E-state index in [4.69, 9.17) is 16.5 Å². The maximum Gasteiger partial charge on any atom is 0.116 e. The third-order valence-corrected chi connectivity index (χ3v) is 2.12. The van der Waals surface area contributed by atoms with Crippen LogP contribution in [0.5, 0.6) is 0 Å². The van der Waals surface area contributed by atoms with Crippen LogP contribution in [-0.2, 0) is 0 Å². The molecule has 0 aliphatic carbocycles. The Morgan fingerprint density at radius 2 is 2.07 bits per heavy atom. The van der Waals surface area contributed by atoms with Crippen molar-refractivity contribution in [3.8, 4) is 0 Å². The summed E-state index contributed by atoms with van der Waals surface area (Å²) in [6.45, 7) is 5.28. The van der Waals surface area contributed by atoms with Crippen molar-refractivity contribution < 1.29 is 5.21 Å². The van der Waals surface area contributed by atoms with Gasteiger partial charge in [-0.05, 0) is 31.7 Å². The minimum absolute atomic E-state index is 0.0486. The van der Waals surface area contributed by atoms with E-state index >= 15 is 0 Å². The van der Waals surface area contributed by atoms with Crippen LogP contribution in [-0.4, -0.2) is 41.5 Å². The Balaban J connectivity index is 4.00. The van der Waals surface area contributed by atoms with Gasteiger partial charge in [0, 0.05) is 12.5 Å². The van der Waals surface area contributed by atoms with Gasteiger partial charge in [0.1, 0.15) is 5.84 Å². The summed E-state index contributed by atoms with van der Waals surface area (Å²) in [6.07, 6.45) is 1.87. The predicted octanol–water partition coefficient (Wildman–Crippen LogP) is 0.401. The Hall–Kier alpha value is -0.690. The molecule has 0 aromatic rings. The van der Waals surface area contributed by atoms with Gasteiger partial charge < -0.3 is 5.32 Å². The summed E-state index contributed by atoms with van der Waals surface area (Å²) in [5.41, 5.74) is 0. The zero-order valence-corrected chi connectivity index (χ0v) is 9.82. The number of nitrogens with zero attached hydrogens (tertiary/aromatic N) is 2. The molecule has 0 amide bonds. The number of hydrazine groups is 2. The van der Waals surface area contributed by atoms with Crippen molar-refractivity contribution in [2.45, 2.75) is 26.7 Å². The molecule has 0 radical (unpaired) electrons. The second kappa shape index (κ2) is 7.58. The molecule has 90 valence electrons. The summed E-state index contributed by atoms with van der Waals surface area (Å²) >= 11 is 0. The van der Waals surface area contributed by atoms with Crippen LogP contribution in [0.4, 0.5) is 0 Å². The minimum Gasteiger partial charge on any atom is -0.320 e. The van der Waals surface area contributed by atoms with Gasteiger partial charge in [-0.15, -0.1) is 0 Å². The van der Waals surface area contributed by atoms with Crippen molar-refractivity contribution in [1.29, 1.82) is 5.41 Å². The van der Waals surface area contributed by atoms with Crippen molar-refractivity contribution in [3.05, 3.63) is 0 Å². The molecule has 0 saturated carbocycles. The highest BCUT2D eigenvalue weighted by molar-refractivity contribution is 5.80. The van der Waals surface area contributed by atoms with E-state index in [2.05, 4.69) is 5.32 Å². The fraction of sp³-hybridized carbons (Fsp3) is 0.889. The second-order valence-corrected chi connectivity index (χ2v) is 3.79. The van der Waals surface area contributed by atoms with Crippen molar-refractivity contribution in [1.82, 2.24) is 15.6 Å². The maximum atomic E-state index is 9.17. The van der Waals surface area contributed by atoms with Crippen LogP contribution in [0, 0.1) is 11.3 Å². The predicted molar refractivity (Wildman–Crippen MR) is 60.2 cm³/mol. The van der Waals surface area contributed by atoms with Crippen LogP contribution in [0.1, 0.15) is 26.7 Å². The van der Waals surface area contributed by atoms with Gasteiger partial charge in [-0.3, -0.25) is 15.6 Å². The number of nitrogens with one attached hydrogen (secondary N) is 2. The molecule has 0 spiro atoms. The molecular formula is C9H23N5O. The van der Waals surface area contributed by atoms with E-state index in [1.807, 2.05) is 20.9 Å². The molecule has 0 saturated heterocycles. The van der Waals surface area contributed by atoms with Gasteiger partial charge in [-0.25, -0.2) is 5.84 Å². The molecule has 0 aliphatic heterocycles. The largest absolute Gasteiger partial charge is 0.320 e. The first-order valence-corrected chi connectivity index (χ1v) is 5.24. The van der Waals surface area contributed by atoms with Gasteiger partial charge in [0.15, 0.2) is 0 Å². The molecule has 0 fully saturated rings. The van der Waals surface area contributed by atoms with Crippen LogP contribution >= 0.6 is 0 Å². The fourth-order valence-corrected chi connectivity index (χ4v) is 1.19. The van der Waals surface area contributed by atoms with E-state index in [0.717, 1.165) is 19.4 Å². The highest BCUT2D eigenvalue weighted by Gasteiger charge is 2.16. The molecule has 0 heterocycles. The van der Waals surface area contributed by atoms with Gasteiger partial charge in [0.25, 0.3) is 0 Å². The summed E-state index contributed by atoms with van der Waals surface area (Å²) in [5.74, 6) is 5.62. The second-order valence-electron chi connectivity index (χ2n) is 3.79. The average molecular weight is 217 g/mol. The highest BCUT2D eigenvalue weighted by atomic mass is 16.6. The lowest BCUT2D eigenvalue weighted by Crippen LogP contribution is -2.50. The number of hydrogen-bond donors (Lipinski definition) is 4. The van der Waals surface area contributed by atoms with Crippen LogP contribution < -0.4 is 11.2 Å². The first-order chi connectivity index (χ1) is 7.00. The smallest absolute Gasteiger partial charge is 0.116 e. The molecule has 0 atom stereocenters. The Morgan fingerprint density at radius 3 is 2.47 bits per heavy atom. The number of nitrogens with two attached hydrogens (primary N) is 1. The summed E-state index contributed by atoms with van der Waals surface area (Å²) in [6, 6.07) is 0. The number of rotatable bonds is 7. The van der Waals surface area contributed by atoms with Crippen molar-refractivity contribution >= 4 is 5.84 Å². The molecule has 0 aromatic carbocycles. The monoisotopic (exact) mass is 217 g/mol. The van der Waals surface area contributed by atoms with Gasteiger partial charge >= 0.3 is 0 Å². The first-order valence-electron chi connectivity index (χ1n) is 5.24. The molecular weight excluding hydrogens is 194 g/mol. The molecule has 0 aliphatic rings. The van der Waals surface area contributed by atoms with E-state index in [0.29, 0.717) is 17.7 Å². The molecule has 0 bridgehead atoms. The fourth-order valence-electron chi connectivity index (χ4n) is 1.19. The highest BCUT2D eigenvalue weighted by Crippen LogP contribution is 2.04. The van der Waals surface area contributed by atoms with Crippen molar-refractivity contribution in [2.24, 2.45) is 11.8 Å². The Bertz CT molecular complexity index is 183. The molecule has 0 rings (SSSR count). The quantitative estimate of drug-likeness (QED) is 0.163. The van der Waals surface area contributed by atoms with E-state index in [1.54, 1.807) is 0 Å². The molecule has 0 unspecified atom stereocenters. The standard InChI is InChI=1S/C9H23N5O/c1-8(2)9(10)13(14(11)15)7-5-4-6-12-3/h8,10,12,15H,4-7,11H2,1-3H3. The van der Waals surface area contributed by atoms with Gasteiger partial charge in [-0.1, -0.05) is 13.8 Å². The number of hydrogen-bond acceptors (Lipinski definition) is 5. The first kappa shape index (κ1) is 14.3. The van der Waals surface area contributed by atoms with Gasteiger partial charge in [-0.2, -0.15) is 0 Å². The summed E-state index contributed by atoms with van der Waals surface area (Å²) in [5, 5.41) is 21.8. The lowest BCUT2D eigenvalue weighted by molar-refractivity contribution is -0.218. The SMILES string of the molecule is CNCCCCN(C(=N)C(C)C)N(N)O. The van der Waals surface area contributed by atoms with Crippen molar-refractivity contribution in [2.75, 3.05) is 20.1 Å². The van der Waals surface area contributed by atoms with E-state index in [1.165, 1.54) is 5.01 Å². The molecule has 6 heteroatoms.